The molecule has 0 bridgehead atoms. The van der Waals surface area contributed by atoms with Crippen LogP contribution in [0.2, 0.25) is 0 Å². The topological polar surface area (TPSA) is 498 Å². The van der Waals surface area contributed by atoms with E-state index in [1.54, 1.807) is 102 Å². The Morgan fingerprint density at radius 1 is 0.456 bits per heavy atom. The van der Waals surface area contributed by atoms with Gasteiger partial charge in [0.05, 0.1) is 98.7 Å². The van der Waals surface area contributed by atoms with E-state index in [9.17, 15) is 8.42 Å². The second kappa shape index (κ2) is 34.0. The van der Waals surface area contributed by atoms with E-state index in [1.165, 1.54) is 11.6 Å². The van der Waals surface area contributed by atoms with Gasteiger partial charge < -0.3 is 51.1 Å². The molecular formula is C87H86FN29O7S. The van der Waals surface area contributed by atoms with Gasteiger partial charge in [0.25, 0.3) is 23.6 Å². The zero-order valence-electron chi connectivity index (χ0n) is 68.6. The minimum atomic E-state index is -2.99. The Morgan fingerprint density at radius 3 is 1.28 bits per heavy atom. The first-order valence-corrected chi connectivity index (χ1v) is 42.6. The number of nitrogens with two attached hydrogens (primary N) is 4. The fourth-order valence-corrected chi connectivity index (χ4v) is 18.1. The number of nitrogens with zero attached hydrogens (tertiary/aromatic N) is 24. The summed E-state index contributed by atoms with van der Waals surface area (Å²) >= 11 is 0. The van der Waals surface area contributed by atoms with E-state index >= 15 is 4.39 Å². The van der Waals surface area contributed by atoms with Crippen molar-refractivity contribution in [2.24, 2.45) is 14.1 Å². The van der Waals surface area contributed by atoms with Crippen LogP contribution in [0.4, 0.5) is 33.9 Å². The number of ether oxygens (including phenoxy) is 1. The molecule has 1 aliphatic heterocycles. The standard InChI is InChI=1S/C23H24N8O2.C23H23N7O3S.C21H21N7O.C20H18FN7O/c1-32-12-11-25-19-8-7-18(29-30-19)20-28-21(31-33-20)23(9-2-10-23)17-5-3-15(4-6-17)16-13-26-22(24)27-14-16;24-22-25-10-16(11-26-22)15-2-4-18(5-3-15)23(7-1-8-23)21-28-20(33-29-21)17-12-27-30(13-17)19-6-9-34(31,32)14-19;1-13-18(22)23-11-17(25-13)14-4-6-16(7-5-14)21(8-3-9-21)20-26-19(29-27-20)15-10-24-28(2)12-15;1-28-11-14(10-25-28)17-26-18(27-29-17)20(5-2-6-20)15-4-3-12(7-16(15)21)13-8-23-19(22)24-9-13/h3-8,13-14H,2,9-12H2,1H3,(H,25,30)(H2,24,26,27);2-5,10-13,19H,1,6-9,14H2,(H2,24,25,26);4-7,10-12H,3,8-9H2,1-2H3,(H2,22,23);3-4,7-11H,2,5-6H2,1H3,(H2,22,23,24). The van der Waals surface area contributed by atoms with Crippen LogP contribution in [0.1, 0.15) is 141 Å². The van der Waals surface area contributed by atoms with Crippen molar-refractivity contribution in [2.45, 2.75) is 118 Å². The highest BCUT2D eigenvalue weighted by molar-refractivity contribution is 7.91. The number of aryl methyl sites for hydroxylation is 3. The van der Waals surface area contributed by atoms with E-state index in [0.717, 1.165) is 144 Å². The summed E-state index contributed by atoms with van der Waals surface area (Å²) in [6.07, 6.45) is 34.5. The van der Waals surface area contributed by atoms with E-state index in [4.69, 9.17) is 60.7 Å². The summed E-state index contributed by atoms with van der Waals surface area (Å²) in [7, 11) is 2.35. The Morgan fingerprint density at radius 2 is 0.880 bits per heavy atom. The summed E-state index contributed by atoms with van der Waals surface area (Å²) in [5, 5.41) is 41.3. The lowest BCUT2D eigenvalue weighted by atomic mass is 9.63. The van der Waals surface area contributed by atoms with Crippen LogP contribution in [0.5, 0.6) is 0 Å². The van der Waals surface area contributed by atoms with Gasteiger partial charge in [0, 0.05) is 111 Å². The number of aromatic nitrogens is 24. The van der Waals surface area contributed by atoms with E-state index in [1.807, 2.05) is 57.5 Å². The lowest BCUT2D eigenvalue weighted by Crippen LogP contribution is -2.37. The Bertz CT molecular complexity index is 6580. The Hall–Kier alpha value is -14.7. The van der Waals surface area contributed by atoms with Crippen LogP contribution >= 0.6 is 0 Å². The molecule has 12 aromatic heterocycles. The van der Waals surface area contributed by atoms with Crippen molar-refractivity contribution in [3.05, 3.63) is 241 Å². The molecule has 36 nitrogen and oxygen atoms in total. The molecule has 16 aromatic rings. The monoisotopic (exact) mass is 1700 g/mol. The zero-order chi connectivity index (χ0) is 86.0. The third kappa shape index (κ3) is 16.5. The average molecular weight is 1700 g/mol. The Balaban J connectivity index is 0.000000113. The number of hydrogen-bond acceptors (Lipinski definition) is 33. The lowest BCUT2D eigenvalue weighted by Gasteiger charge is -2.39. The average Bonchev–Trinajstić information content (AvgIpc) is 1.63. The van der Waals surface area contributed by atoms with E-state index in [2.05, 4.69) is 157 Å². The Kier molecular flexibility index (Phi) is 22.1. The zero-order valence-corrected chi connectivity index (χ0v) is 69.4. The van der Waals surface area contributed by atoms with Crippen molar-refractivity contribution in [1.82, 2.24) is 120 Å². The summed E-state index contributed by atoms with van der Waals surface area (Å²) in [6.45, 7) is 3.11. The van der Waals surface area contributed by atoms with Crippen LogP contribution in [0, 0.1) is 12.7 Å². The molecule has 125 heavy (non-hydrogen) atoms. The second-order valence-corrected chi connectivity index (χ2v) is 34.1. The van der Waals surface area contributed by atoms with Gasteiger partial charge in [-0.1, -0.05) is 131 Å². The van der Waals surface area contributed by atoms with Crippen molar-refractivity contribution in [3.8, 4) is 90.6 Å². The minimum Gasteiger partial charge on any atom is -0.383 e. The maximum absolute atomic E-state index is 15.2. The van der Waals surface area contributed by atoms with Gasteiger partial charge in [-0.15, -0.1) is 10.2 Å². The van der Waals surface area contributed by atoms with Gasteiger partial charge in [-0.2, -0.15) is 35.2 Å². The SMILES string of the molecule is COCCNc1ccc(-c2nc(C3(c4ccc(-c5cnc(N)nc5)cc4)CCC3)no2)nn1.Cc1nc(-c2ccc(C3(c4noc(-c5cnn(C)c5)n4)CCC3)cc2)cnc1N.Cn1cc(-c2nc(C3(c4ccc(-c5cnc(N)nc5)cc4F)CCC3)no2)cn1.Nc1ncc(-c2ccc(C3(c4noc(-c5cnn(C6CCS(=O)(=O)C6)c5)n4)CCC3)cc2)cn1. The quantitative estimate of drug-likeness (QED) is 0.0417. The number of sulfone groups is 1. The number of nitrogens with one attached hydrogen (secondary N) is 1. The number of rotatable bonds is 21. The highest BCUT2D eigenvalue weighted by Gasteiger charge is 2.49. The lowest BCUT2D eigenvalue weighted by molar-refractivity contribution is 0.210. The van der Waals surface area contributed by atoms with E-state index in [-0.39, 0.29) is 57.5 Å². The van der Waals surface area contributed by atoms with Crippen molar-refractivity contribution in [1.29, 1.82) is 0 Å². The fraction of sp³-hybridized carbons (Fsp3) is 0.299. The van der Waals surface area contributed by atoms with Crippen molar-refractivity contribution >= 4 is 39.3 Å². The smallest absolute Gasteiger partial charge is 0.278 e. The summed E-state index contributed by atoms with van der Waals surface area (Å²) in [5.41, 5.74) is 35.8. The van der Waals surface area contributed by atoms with Gasteiger partial charge in [-0.3, -0.25) is 14.0 Å². The van der Waals surface area contributed by atoms with Gasteiger partial charge in [0.15, 0.2) is 38.8 Å². The summed E-state index contributed by atoms with van der Waals surface area (Å²) < 4.78 is 71.1. The van der Waals surface area contributed by atoms with Crippen molar-refractivity contribution < 1.29 is 35.6 Å². The highest BCUT2D eigenvalue weighted by atomic mass is 32.2. The maximum Gasteiger partial charge on any atom is 0.278 e. The van der Waals surface area contributed by atoms with Crippen LogP contribution in [0.15, 0.2) is 202 Å². The highest BCUT2D eigenvalue weighted by Crippen LogP contribution is 2.53. The van der Waals surface area contributed by atoms with Crippen LogP contribution in [0.3, 0.4) is 0 Å². The summed E-state index contributed by atoms with van der Waals surface area (Å²) in [4.78, 5) is 51.6. The predicted molar refractivity (Wildman–Crippen MR) is 457 cm³/mol. The van der Waals surface area contributed by atoms with Crippen LogP contribution < -0.4 is 28.3 Å². The molecule has 1 saturated heterocycles. The number of nitrogen functional groups attached to an aromatic ring is 4. The number of hydrogen-bond donors (Lipinski definition) is 5. The molecule has 1 unspecified atom stereocenters. The first kappa shape index (κ1) is 81.3. The largest absolute Gasteiger partial charge is 0.383 e. The molecule has 4 aromatic carbocycles. The van der Waals surface area contributed by atoms with E-state index in [0.29, 0.717) is 100 Å². The Labute approximate surface area is 714 Å². The fourth-order valence-electron chi connectivity index (χ4n) is 16.4. The molecule has 21 rings (SSSR count). The molecular weight excluding hydrogens is 1610 g/mol. The van der Waals surface area contributed by atoms with Gasteiger partial charge >= 0.3 is 0 Å². The van der Waals surface area contributed by atoms with Crippen LogP contribution in [0.25, 0.3) is 90.6 Å². The third-order valence-corrected chi connectivity index (χ3v) is 25.9. The molecule has 5 fully saturated rings. The van der Waals surface area contributed by atoms with Gasteiger partial charge in [-0.25, -0.2) is 52.7 Å². The van der Waals surface area contributed by atoms with Crippen LogP contribution in [-0.4, -0.2) is 160 Å². The maximum atomic E-state index is 15.2. The molecule has 0 radical (unpaired) electrons. The first-order valence-electron chi connectivity index (χ1n) is 40.8. The normalized spacial score (nSPS) is 16.6. The molecule has 38 heteroatoms. The molecule has 13 heterocycles. The number of methoxy groups -OCH3 is 1. The molecule has 4 saturated carbocycles. The second-order valence-electron chi connectivity index (χ2n) is 31.9. The van der Waals surface area contributed by atoms with Crippen molar-refractivity contribution in [3.63, 3.8) is 0 Å². The summed E-state index contributed by atoms with van der Waals surface area (Å²) in [6, 6.07) is 33.7. The van der Waals surface area contributed by atoms with Gasteiger partial charge in [0.2, 0.25) is 17.8 Å². The molecule has 5 aliphatic rings. The molecule has 9 N–H and O–H groups in total. The van der Waals surface area contributed by atoms with Crippen molar-refractivity contribution in [2.75, 3.05) is 60.0 Å². The third-order valence-electron chi connectivity index (χ3n) is 24.2. The van der Waals surface area contributed by atoms with E-state index < -0.39 is 15.3 Å². The van der Waals surface area contributed by atoms with Gasteiger partial charge in [-0.05, 0) is 116 Å². The molecule has 1 atom stereocenters. The molecule has 634 valence electrons. The number of anilines is 5. The van der Waals surface area contributed by atoms with Crippen LogP contribution in [-0.2, 0) is 50.3 Å². The molecule has 4 aliphatic carbocycles. The predicted octanol–water partition coefficient (Wildman–Crippen LogP) is 12.3. The first-order chi connectivity index (χ1) is 60.7. The number of benzene rings is 4. The number of halogens is 1. The minimum absolute atomic E-state index is 0.116. The molecule has 0 amide bonds. The van der Waals surface area contributed by atoms with Gasteiger partial charge in [0.1, 0.15) is 17.5 Å². The summed E-state index contributed by atoms with van der Waals surface area (Å²) in [5.74, 6) is 6.04. The molecule has 0 spiro atoms.